The molecule has 2 unspecified atom stereocenters. The molecule has 0 bridgehead atoms. The van der Waals surface area contributed by atoms with Gasteiger partial charge in [-0.15, -0.1) is 0 Å². The number of likely N-dealkylation sites (N-methyl/N-ethyl adjacent to an activating group) is 1. The quantitative estimate of drug-likeness (QED) is 0.0909. The number of unbranched alkanes of at least 4 members (excludes halogenated alkanes) is 19. The summed E-state index contributed by atoms with van der Waals surface area (Å²) in [6, 6.07) is 0.278. The minimum Gasteiger partial charge on any atom is -0.461 e. The molecule has 2 atom stereocenters. The monoisotopic (exact) mass is 481 g/mol. The Hall–Kier alpha value is -0.570. The van der Waals surface area contributed by atoms with Crippen molar-refractivity contribution in [2.75, 3.05) is 14.1 Å². The molecule has 3 heteroatoms. The molecule has 0 heterocycles. The summed E-state index contributed by atoms with van der Waals surface area (Å²) in [6.45, 7) is 6.74. The number of carbonyl (C=O) groups excluding carboxylic acids is 1. The van der Waals surface area contributed by atoms with Gasteiger partial charge in [0.15, 0.2) is 0 Å². The highest BCUT2D eigenvalue weighted by Gasteiger charge is 2.22. The summed E-state index contributed by atoms with van der Waals surface area (Å²) < 4.78 is 5.97. The van der Waals surface area contributed by atoms with Crippen molar-refractivity contribution in [3.63, 3.8) is 0 Å². The molecule has 0 radical (unpaired) electrons. The van der Waals surface area contributed by atoms with Crippen LogP contribution in [0.2, 0.25) is 0 Å². The SMILES string of the molecule is CCCCCCCCCCCCCC(=O)OC(CCCCCCCCCCCC)C(C)N(C)C. The van der Waals surface area contributed by atoms with E-state index >= 15 is 0 Å². The molecule has 0 aliphatic heterocycles. The molecule has 0 aliphatic rings. The molecule has 0 aromatic rings. The van der Waals surface area contributed by atoms with E-state index in [1.807, 2.05) is 0 Å². The zero-order valence-corrected chi connectivity index (χ0v) is 24.2. The Bertz CT molecular complexity index is 424. The Kier molecular flexibility index (Phi) is 25.1. The van der Waals surface area contributed by atoms with Gasteiger partial charge in [-0.1, -0.05) is 136 Å². The lowest BCUT2D eigenvalue weighted by Gasteiger charge is -2.29. The fraction of sp³-hybridized carbons (Fsp3) is 0.968. The van der Waals surface area contributed by atoms with Crippen LogP contribution in [0.3, 0.4) is 0 Å². The van der Waals surface area contributed by atoms with Crippen LogP contribution in [0, 0.1) is 0 Å². The first-order chi connectivity index (χ1) is 16.5. The Morgan fingerprint density at radius 3 is 1.32 bits per heavy atom. The van der Waals surface area contributed by atoms with Gasteiger partial charge < -0.3 is 9.64 Å². The van der Waals surface area contributed by atoms with Gasteiger partial charge in [-0.25, -0.2) is 0 Å². The highest BCUT2D eigenvalue weighted by Crippen LogP contribution is 2.18. The highest BCUT2D eigenvalue weighted by molar-refractivity contribution is 5.69. The normalized spacial score (nSPS) is 13.4. The third-order valence-electron chi connectivity index (χ3n) is 7.46. The summed E-state index contributed by atoms with van der Waals surface area (Å²) in [6.07, 6.45) is 29.5. The molecular formula is C31H63NO2. The van der Waals surface area contributed by atoms with Crippen LogP contribution in [-0.4, -0.2) is 37.1 Å². The number of ether oxygens (including phenoxy) is 1. The summed E-state index contributed by atoms with van der Waals surface area (Å²) in [5.74, 6) is 0.0155. The molecule has 204 valence electrons. The van der Waals surface area contributed by atoms with Crippen LogP contribution < -0.4 is 0 Å². The zero-order chi connectivity index (χ0) is 25.3. The molecule has 0 aromatic heterocycles. The average molecular weight is 482 g/mol. The predicted molar refractivity (Wildman–Crippen MR) is 151 cm³/mol. The first kappa shape index (κ1) is 33.4. The Morgan fingerprint density at radius 1 is 0.588 bits per heavy atom. The van der Waals surface area contributed by atoms with Crippen LogP contribution in [0.5, 0.6) is 0 Å². The van der Waals surface area contributed by atoms with E-state index < -0.39 is 0 Å². The van der Waals surface area contributed by atoms with Gasteiger partial charge in [-0.05, 0) is 40.3 Å². The van der Waals surface area contributed by atoms with Gasteiger partial charge in [-0.3, -0.25) is 4.79 Å². The predicted octanol–water partition coefficient (Wildman–Crippen LogP) is 9.86. The van der Waals surface area contributed by atoms with Gasteiger partial charge >= 0.3 is 5.97 Å². The van der Waals surface area contributed by atoms with E-state index in [9.17, 15) is 4.79 Å². The number of carbonyl (C=O) groups is 1. The van der Waals surface area contributed by atoms with Gasteiger partial charge in [0.2, 0.25) is 0 Å². The van der Waals surface area contributed by atoms with Gasteiger partial charge in [-0.2, -0.15) is 0 Å². The first-order valence-corrected chi connectivity index (χ1v) is 15.4. The van der Waals surface area contributed by atoms with Crippen molar-refractivity contribution >= 4 is 5.97 Å². The first-order valence-electron chi connectivity index (χ1n) is 15.4. The highest BCUT2D eigenvalue weighted by atomic mass is 16.5. The standard InChI is InChI=1S/C31H63NO2/c1-6-8-10-12-14-16-18-20-22-24-26-28-31(33)34-30(29(3)32(4)5)27-25-23-21-19-17-15-13-11-9-7-2/h29-30H,6-28H2,1-5H3. The van der Waals surface area contributed by atoms with E-state index in [4.69, 9.17) is 4.74 Å². The summed E-state index contributed by atoms with van der Waals surface area (Å²) in [5, 5.41) is 0. The van der Waals surface area contributed by atoms with Gasteiger partial charge in [0.1, 0.15) is 6.10 Å². The summed E-state index contributed by atoms with van der Waals surface area (Å²) in [5.41, 5.74) is 0. The second-order valence-electron chi connectivity index (χ2n) is 11.0. The third kappa shape index (κ3) is 21.9. The number of esters is 1. The minimum absolute atomic E-state index is 0.0155. The third-order valence-corrected chi connectivity index (χ3v) is 7.46. The maximum Gasteiger partial charge on any atom is 0.306 e. The smallest absolute Gasteiger partial charge is 0.306 e. The van der Waals surface area contributed by atoms with Gasteiger partial charge in [0, 0.05) is 12.5 Å². The molecule has 34 heavy (non-hydrogen) atoms. The van der Waals surface area contributed by atoms with Crippen LogP contribution in [0.15, 0.2) is 0 Å². The molecule has 0 fully saturated rings. The zero-order valence-electron chi connectivity index (χ0n) is 24.2. The Balaban J connectivity index is 3.85. The molecule has 0 saturated heterocycles. The van der Waals surface area contributed by atoms with Crippen LogP contribution >= 0.6 is 0 Å². The van der Waals surface area contributed by atoms with E-state index in [2.05, 4.69) is 39.8 Å². The van der Waals surface area contributed by atoms with E-state index in [0.717, 1.165) is 19.3 Å². The maximum atomic E-state index is 12.5. The fourth-order valence-corrected chi connectivity index (χ4v) is 4.73. The number of nitrogens with zero attached hydrogens (tertiary/aromatic N) is 1. The van der Waals surface area contributed by atoms with Gasteiger partial charge in [0.25, 0.3) is 0 Å². The fourth-order valence-electron chi connectivity index (χ4n) is 4.73. The molecule has 3 nitrogen and oxygen atoms in total. The van der Waals surface area contributed by atoms with Crippen LogP contribution in [0.25, 0.3) is 0 Å². The number of rotatable bonds is 26. The summed E-state index contributed by atoms with van der Waals surface area (Å²) in [7, 11) is 4.18. The lowest BCUT2D eigenvalue weighted by Crippen LogP contribution is -2.39. The van der Waals surface area contributed by atoms with Crippen molar-refractivity contribution in [3.05, 3.63) is 0 Å². The van der Waals surface area contributed by atoms with Crippen molar-refractivity contribution < 1.29 is 9.53 Å². The van der Waals surface area contributed by atoms with Crippen molar-refractivity contribution in [2.24, 2.45) is 0 Å². The molecule has 0 rings (SSSR count). The minimum atomic E-state index is 0.0155. The second kappa shape index (κ2) is 25.5. The second-order valence-corrected chi connectivity index (χ2v) is 11.0. The number of hydrogen-bond donors (Lipinski definition) is 0. The van der Waals surface area contributed by atoms with E-state index in [1.165, 1.54) is 122 Å². The average Bonchev–Trinajstić information content (AvgIpc) is 2.82. The maximum absolute atomic E-state index is 12.5. The van der Waals surface area contributed by atoms with Crippen LogP contribution in [-0.2, 0) is 9.53 Å². The van der Waals surface area contributed by atoms with Crippen molar-refractivity contribution in [2.45, 2.75) is 181 Å². The van der Waals surface area contributed by atoms with Crippen molar-refractivity contribution in [1.82, 2.24) is 4.90 Å². The Morgan fingerprint density at radius 2 is 0.941 bits per heavy atom. The number of hydrogen-bond acceptors (Lipinski definition) is 3. The molecule has 0 amide bonds. The van der Waals surface area contributed by atoms with Crippen molar-refractivity contribution in [3.8, 4) is 0 Å². The van der Waals surface area contributed by atoms with Crippen molar-refractivity contribution in [1.29, 1.82) is 0 Å². The van der Waals surface area contributed by atoms with Crippen LogP contribution in [0.1, 0.15) is 168 Å². The Labute approximate surface area is 215 Å². The topological polar surface area (TPSA) is 29.5 Å². The lowest BCUT2D eigenvalue weighted by atomic mass is 10.0. The van der Waals surface area contributed by atoms with E-state index in [0.29, 0.717) is 6.42 Å². The summed E-state index contributed by atoms with van der Waals surface area (Å²) >= 11 is 0. The molecule has 0 N–H and O–H groups in total. The van der Waals surface area contributed by atoms with E-state index in [-0.39, 0.29) is 18.1 Å². The summed E-state index contributed by atoms with van der Waals surface area (Å²) in [4.78, 5) is 14.7. The molecule has 0 aliphatic carbocycles. The molecule has 0 spiro atoms. The largest absolute Gasteiger partial charge is 0.461 e. The van der Waals surface area contributed by atoms with Crippen LogP contribution in [0.4, 0.5) is 0 Å². The van der Waals surface area contributed by atoms with Gasteiger partial charge in [0.05, 0.1) is 0 Å². The molecule has 0 aromatic carbocycles. The molecule has 0 saturated carbocycles. The van der Waals surface area contributed by atoms with E-state index in [1.54, 1.807) is 0 Å². The lowest BCUT2D eigenvalue weighted by molar-refractivity contribution is -0.152. The molecular weight excluding hydrogens is 418 g/mol.